The van der Waals surface area contributed by atoms with E-state index in [1.54, 1.807) is 6.07 Å². The number of thiophene rings is 2. The Labute approximate surface area is 207 Å². The molecule has 4 aromatic rings. The Morgan fingerprint density at radius 1 is 0.636 bits per heavy atom. The van der Waals surface area contributed by atoms with Crippen LogP contribution < -0.4 is 9.44 Å². The lowest BCUT2D eigenvalue weighted by atomic mass is 10.0. The molecule has 6 nitrogen and oxygen atoms in total. The first-order chi connectivity index (χ1) is 15.5. The molecule has 33 heavy (non-hydrogen) atoms. The van der Waals surface area contributed by atoms with E-state index in [1.807, 2.05) is 0 Å². The van der Waals surface area contributed by atoms with Crippen molar-refractivity contribution in [1.29, 1.82) is 0 Å². The molecule has 2 aromatic heterocycles. The topological polar surface area (TPSA) is 92.3 Å². The van der Waals surface area contributed by atoms with Gasteiger partial charge in [-0.25, -0.2) is 21.2 Å². The van der Waals surface area contributed by atoms with Gasteiger partial charge in [-0.15, -0.1) is 22.7 Å². The van der Waals surface area contributed by atoms with E-state index in [1.165, 1.54) is 60.7 Å². The summed E-state index contributed by atoms with van der Waals surface area (Å²) in [7, 11) is -8.10. The van der Waals surface area contributed by atoms with Crippen LogP contribution in [0.2, 0.25) is 8.67 Å². The zero-order valence-electron chi connectivity index (χ0n) is 16.3. The van der Waals surface area contributed by atoms with Crippen molar-refractivity contribution in [1.82, 2.24) is 0 Å². The lowest BCUT2D eigenvalue weighted by molar-refractivity contribution is 0.601. The van der Waals surface area contributed by atoms with E-state index in [2.05, 4.69) is 9.44 Å². The number of benzene rings is 2. The second kappa shape index (κ2) is 9.24. The molecule has 0 unspecified atom stereocenters. The van der Waals surface area contributed by atoms with Gasteiger partial charge in [0.15, 0.2) is 0 Å². The summed E-state index contributed by atoms with van der Waals surface area (Å²) >= 11 is 13.4. The fraction of sp³-hybridized carbons (Fsp3) is 0. The third-order valence-corrected chi connectivity index (χ3v) is 10.5. The highest BCUT2D eigenvalue weighted by Gasteiger charge is 2.23. The minimum Gasteiger partial charge on any atom is -0.277 e. The highest BCUT2D eigenvalue weighted by atomic mass is 35.5. The van der Waals surface area contributed by atoms with Crippen molar-refractivity contribution in [3.8, 4) is 11.1 Å². The van der Waals surface area contributed by atoms with Crippen LogP contribution in [0.3, 0.4) is 0 Å². The van der Waals surface area contributed by atoms with Crippen LogP contribution in [0.5, 0.6) is 0 Å². The summed E-state index contributed by atoms with van der Waals surface area (Å²) < 4.78 is 70.0. The molecule has 0 aliphatic carbocycles. The molecule has 0 saturated carbocycles. The molecule has 0 bridgehead atoms. The molecular weight excluding hydrogens is 550 g/mol. The number of nitrogens with one attached hydrogen (secondary N) is 2. The molecule has 172 valence electrons. The molecule has 0 aliphatic rings. The number of anilines is 2. The van der Waals surface area contributed by atoms with E-state index in [4.69, 9.17) is 23.2 Å². The minimum atomic E-state index is -4.07. The van der Waals surface area contributed by atoms with Gasteiger partial charge in [-0.3, -0.25) is 9.44 Å². The Morgan fingerprint density at radius 3 is 1.61 bits per heavy atom. The summed E-state index contributed by atoms with van der Waals surface area (Å²) in [5.74, 6) is -0.423. The van der Waals surface area contributed by atoms with Crippen molar-refractivity contribution in [3.63, 3.8) is 0 Å². The molecule has 0 atom stereocenters. The van der Waals surface area contributed by atoms with Gasteiger partial charge in [0.25, 0.3) is 20.0 Å². The highest BCUT2D eigenvalue weighted by Crippen LogP contribution is 2.35. The van der Waals surface area contributed by atoms with E-state index in [0.717, 1.165) is 22.7 Å². The summed E-state index contributed by atoms with van der Waals surface area (Å²) in [6, 6.07) is 15.6. The fourth-order valence-corrected chi connectivity index (χ4v) is 7.93. The molecule has 0 spiro atoms. The zero-order valence-corrected chi connectivity index (χ0v) is 21.0. The second-order valence-corrected chi connectivity index (χ2v) is 13.8. The Hall–Kier alpha value is -2.15. The predicted molar refractivity (Wildman–Crippen MR) is 132 cm³/mol. The van der Waals surface area contributed by atoms with Gasteiger partial charge < -0.3 is 0 Å². The third-order valence-electron chi connectivity index (χ3n) is 4.31. The summed E-state index contributed by atoms with van der Waals surface area (Å²) in [6.45, 7) is 0. The Balaban J connectivity index is 1.77. The maximum absolute atomic E-state index is 13.3. The lowest BCUT2D eigenvalue weighted by Gasteiger charge is -2.15. The van der Waals surface area contributed by atoms with E-state index in [-0.39, 0.29) is 28.5 Å². The van der Waals surface area contributed by atoms with Crippen LogP contribution in [0.4, 0.5) is 15.8 Å². The summed E-state index contributed by atoms with van der Waals surface area (Å²) in [6.07, 6.45) is 0. The molecule has 0 fully saturated rings. The van der Waals surface area contributed by atoms with Crippen molar-refractivity contribution in [2.75, 3.05) is 9.44 Å². The van der Waals surface area contributed by atoms with Crippen molar-refractivity contribution >= 4 is 77.3 Å². The first kappa shape index (κ1) is 24.0. The number of hydrogen-bond donors (Lipinski definition) is 2. The van der Waals surface area contributed by atoms with Gasteiger partial charge in [0.1, 0.15) is 14.2 Å². The summed E-state index contributed by atoms with van der Waals surface area (Å²) in [4.78, 5) is 0. The van der Waals surface area contributed by atoms with Crippen LogP contribution in [0.1, 0.15) is 0 Å². The number of hydrogen-bond acceptors (Lipinski definition) is 6. The SMILES string of the molecule is O=S(=O)(Nc1ccc(-c2ccc(F)cc2)cc1NS(=O)(=O)c1ccc(Cl)s1)c1ccc(Cl)s1. The van der Waals surface area contributed by atoms with Crippen LogP contribution in [-0.4, -0.2) is 16.8 Å². The van der Waals surface area contributed by atoms with Crippen molar-refractivity contribution < 1.29 is 21.2 Å². The van der Waals surface area contributed by atoms with E-state index >= 15 is 0 Å². The Kier molecular flexibility index (Phi) is 6.72. The highest BCUT2D eigenvalue weighted by molar-refractivity contribution is 7.95. The molecule has 2 aromatic carbocycles. The quantitative estimate of drug-likeness (QED) is 0.268. The maximum atomic E-state index is 13.3. The fourth-order valence-electron chi connectivity index (χ4n) is 2.81. The standard InChI is InChI=1S/C20H13Cl2FN2O4S4/c21-17-7-9-19(30-17)32(26,27)24-15-6-3-13(12-1-4-14(23)5-2-12)11-16(15)25-33(28,29)20-10-8-18(22)31-20/h1-11,24-25H. The first-order valence-corrected chi connectivity index (χ1v) is 14.4. The third kappa shape index (κ3) is 5.51. The molecule has 13 heteroatoms. The lowest BCUT2D eigenvalue weighted by Crippen LogP contribution is -2.16. The van der Waals surface area contributed by atoms with Gasteiger partial charge in [0, 0.05) is 0 Å². The van der Waals surface area contributed by atoms with Crippen molar-refractivity contribution in [2.24, 2.45) is 0 Å². The maximum Gasteiger partial charge on any atom is 0.271 e. The summed E-state index contributed by atoms with van der Waals surface area (Å²) in [5.41, 5.74) is 1.12. The van der Waals surface area contributed by atoms with Crippen LogP contribution in [0, 0.1) is 5.82 Å². The average Bonchev–Trinajstić information content (AvgIpc) is 3.39. The van der Waals surface area contributed by atoms with Crippen LogP contribution in [-0.2, 0) is 20.0 Å². The van der Waals surface area contributed by atoms with Crippen molar-refractivity contribution in [2.45, 2.75) is 8.42 Å². The molecular formula is C20H13Cl2FN2O4S4. The number of sulfonamides is 2. The first-order valence-electron chi connectivity index (χ1n) is 9.00. The van der Waals surface area contributed by atoms with E-state index in [0.29, 0.717) is 11.1 Å². The molecule has 2 N–H and O–H groups in total. The molecule has 0 aliphatic heterocycles. The van der Waals surface area contributed by atoms with Gasteiger partial charge in [-0.1, -0.05) is 41.4 Å². The number of rotatable bonds is 7. The minimum absolute atomic E-state index is 0.00314. The van der Waals surface area contributed by atoms with Gasteiger partial charge in [-0.2, -0.15) is 0 Å². The monoisotopic (exact) mass is 562 g/mol. The smallest absolute Gasteiger partial charge is 0.271 e. The number of halogens is 3. The molecule has 2 heterocycles. The van der Waals surface area contributed by atoms with E-state index < -0.39 is 25.9 Å². The Bertz CT molecular complexity index is 1530. The normalized spacial score (nSPS) is 12.0. The van der Waals surface area contributed by atoms with Crippen molar-refractivity contribution in [3.05, 3.63) is 81.2 Å². The zero-order chi connectivity index (χ0) is 23.8. The second-order valence-electron chi connectivity index (χ2n) is 6.60. The van der Waals surface area contributed by atoms with Gasteiger partial charge in [0.05, 0.1) is 20.0 Å². The average molecular weight is 564 g/mol. The predicted octanol–water partition coefficient (Wildman–Crippen LogP) is 6.52. The molecule has 0 radical (unpaired) electrons. The van der Waals surface area contributed by atoms with Gasteiger partial charge >= 0.3 is 0 Å². The largest absolute Gasteiger partial charge is 0.277 e. The van der Waals surface area contributed by atoms with Gasteiger partial charge in [-0.05, 0) is 59.7 Å². The molecule has 0 amide bonds. The molecule has 0 saturated heterocycles. The summed E-state index contributed by atoms with van der Waals surface area (Å²) in [5, 5.41) is 0. The molecule has 4 rings (SSSR count). The van der Waals surface area contributed by atoms with Crippen LogP contribution >= 0.6 is 45.9 Å². The van der Waals surface area contributed by atoms with Crippen LogP contribution in [0.25, 0.3) is 11.1 Å². The van der Waals surface area contributed by atoms with Crippen LogP contribution in [0.15, 0.2) is 75.1 Å². The van der Waals surface area contributed by atoms with E-state index in [9.17, 15) is 21.2 Å². The van der Waals surface area contributed by atoms with Gasteiger partial charge in [0.2, 0.25) is 0 Å². The Morgan fingerprint density at radius 2 is 1.12 bits per heavy atom.